The molecule has 2 rings (SSSR count). The van der Waals surface area contributed by atoms with E-state index in [1.54, 1.807) is 0 Å². The lowest BCUT2D eigenvalue weighted by atomic mass is 10.2. The summed E-state index contributed by atoms with van der Waals surface area (Å²) in [5.74, 6) is -0.489. The van der Waals surface area contributed by atoms with Crippen LogP contribution in [0.15, 0.2) is 29.2 Å². The summed E-state index contributed by atoms with van der Waals surface area (Å²) in [6.45, 7) is 0.738. The highest BCUT2D eigenvalue weighted by atomic mass is 32.2. The van der Waals surface area contributed by atoms with Crippen LogP contribution in [0, 0.1) is 0 Å². The summed E-state index contributed by atoms with van der Waals surface area (Å²) < 4.78 is 54.3. The van der Waals surface area contributed by atoms with E-state index in [2.05, 4.69) is 5.32 Å². The molecule has 0 radical (unpaired) electrons. The fourth-order valence-electron chi connectivity index (χ4n) is 2.57. The third-order valence-corrected chi connectivity index (χ3v) is 7.78. The molecule has 0 aromatic heterocycles. The maximum absolute atomic E-state index is 12.6. The fraction of sp³-hybridized carbons (Fsp3) is 0.533. The lowest BCUT2D eigenvalue weighted by molar-refractivity contribution is 0.0937. The number of hydrogen-bond donors (Lipinski definition) is 1. The van der Waals surface area contributed by atoms with Crippen LogP contribution in [0.25, 0.3) is 0 Å². The second-order valence-corrected chi connectivity index (χ2v) is 10.1. The predicted molar refractivity (Wildman–Crippen MR) is 92.7 cm³/mol. The molecule has 1 aromatic rings. The van der Waals surface area contributed by atoms with E-state index >= 15 is 0 Å². The Morgan fingerprint density at radius 3 is 2.48 bits per heavy atom. The van der Waals surface area contributed by atoms with Gasteiger partial charge < -0.3 is 10.1 Å². The summed E-state index contributed by atoms with van der Waals surface area (Å²) in [6.07, 6.45) is 0.290. The summed E-state index contributed by atoms with van der Waals surface area (Å²) >= 11 is 0. The Morgan fingerprint density at radius 2 is 1.96 bits per heavy atom. The zero-order valence-corrected chi connectivity index (χ0v) is 15.8. The van der Waals surface area contributed by atoms with Gasteiger partial charge >= 0.3 is 0 Å². The van der Waals surface area contributed by atoms with Crippen molar-refractivity contribution < 1.29 is 26.4 Å². The monoisotopic (exact) mass is 390 g/mol. The van der Waals surface area contributed by atoms with Crippen LogP contribution in [-0.4, -0.2) is 71.9 Å². The molecule has 0 aliphatic carbocycles. The number of carbonyl (C=O) groups is 1. The lowest BCUT2D eigenvalue weighted by Gasteiger charge is -2.22. The van der Waals surface area contributed by atoms with Crippen molar-refractivity contribution >= 4 is 25.8 Å². The summed E-state index contributed by atoms with van der Waals surface area (Å²) in [4.78, 5) is 11.9. The van der Waals surface area contributed by atoms with Crippen molar-refractivity contribution in [3.05, 3.63) is 29.8 Å². The van der Waals surface area contributed by atoms with Crippen LogP contribution in [-0.2, 0) is 24.6 Å². The van der Waals surface area contributed by atoms with Crippen molar-refractivity contribution in [1.29, 1.82) is 0 Å². The molecule has 1 atom stereocenters. The molecular formula is C15H22N2O6S2. The number of rotatable bonds is 7. The molecule has 1 aliphatic heterocycles. The van der Waals surface area contributed by atoms with E-state index in [0.717, 1.165) is 4.31 Å². The molecular weight excluding hydrogens is 368 g/mol. The van der Waals surface area contributed by atoms with Gasteiger partial charge in [0.15, 0.2) is 9.84 Å². The molecule has 10 heteroatoms. The molecule has 1 unspecified atom stereocenters. The molecule has 1 saturated heterocycles. The third-order valence-electron chi connectivity index (χ3n) is 4.11. The molecule has 1 fully saturated rings. The number of sulfonamides is 1. The molecule has 1 aliphatic rings. The van der Waals surface area contributed by atoms with Crippen LogP contribution >= 0.6 is 0 Å². The van der Waals surface area contributed by atoms with E-state index in [1.165, 1.54) is 38.4 Å². The Bertz CT molecular complexity index is 818. The van der Waals surface area contributed by atoms with Crippen LogP contribution in [0.3, 0.4) is 0 Å². The smallest absolute Gasteiger partial charge is 0.251 e. The Kier molecular flexibility index (Phi) is 6.20. The first-order valence-corrected chi connectivity index (χ1v) is 11.0. The van der Waals surface area contributed by atoms with Gasteiger partial charge in [0.05, 0.1) is 23.0 Å². The Hall–Kier alpha value is -1.49. The third kappa shape index (κ3) is 4.78. The number of sulfone groups is 1. The standard InChI is InChI=1S/C15H22N2O6S2/c1-17(13-7-10-24(19,20)11-13)25(21,22)14-5-3-12(4-6-14)15(18)16-8-9-23-2/h3-6,13H,7-11H2,1-2H3,(H,16,18). The van der Waals surface area contributed by atoms with E-state index < -0.39 is 25.9 Å². The summed E-state index contributed by atoms with van der Waals surface area (Å²) in [5.41, 5.74) is 0.334. The van der Waals surface area contributed by atoms with E-state index in [1.807, 2.05) is 0 Å². The van der Waals surface area contributed by atoms with Gasteiger partial charge in [-0.2, -0.15) is 4.31 Å². The highest BCUT2D eigenvalue weighted by Crippen LogP contribution is 2.23. The van der Waals surface area contributed by atoms with Gasteiger partial charge in [0, 0.05) is 32.3 Å². The maximum Gasteiger partial charge on any atom is 0.251 e. The van der Waals surface area contributed by atoms with E-state index in [9.17, 15) is 21.6 Å². The Labute approximate surface area is 148 Å². The molecule has 140 valence electrons. The second-order valence-electron chi connectivity index (χ2n) is 5.85. The number of methoxy groups -OCH3 is 1. The summed E-state index contributed by atoms with van der Waals surface area (Å²) in [6, 6.07) is 4.98. The Morgan fingerprint density at radius 1 is 1.32 bits per heavy atom. The minimum absolute atomic E-state index is 0.00187. The predicted octanol–water partition coefficient (Wildman–Crippen LogP) is -0.130. The SMILES string of the molecule is COCCNC(=O)c1ccc(S(=O)(=O)N(C)C2CCS(=O)(=O)C2)cc1. The van der Waals surface area contributed by atoms with Gasteiger partial charge in [-0.05, 0) is 30.7 Å². The van der Waals surface area contributed by atoms with Gasteiger partial charge in [-0.1, -0.05) is 0 Å². The molecule has 25 heavy (non-hydrogen) atoms. The first-order valence-electron chi connectivity index (χ1n) is 7.73. The number of benzene rings is 1. The first kappa shape index (κ1) is 19.8. The second kappa shape index (κ2) is 7.81. The van der Waals surface area contributed by atoms with E-state index in [4.69, 9.17) is 4.74 Å². The van der Waals surface area contributed by atoms with E-state index in [0.29, 0.717) is 18.7 Å². The zero-order valence-electron chi connectivity index (χ0n) is 14.1. The van der Waals surface area contributed by atoms with Crippen LogP contribution < -0.4 is 5.32 Å². The van der Waals surface area contributed by atoms with Crippen molar-refractivity contribution in [1.82, 2.24) is 9.62 Å². The quantitative estimate of drug-likeness (QED) is 0.650. The average Bonchev–Trinajstić information content (AvgIpc) is 2.94. The zero-order chi connectivity index (χ0) is 18.7. The molecule has 8 nitrogen and oxygen atoms in total. The highest BCUT2D eigenvalue weighted by molar-refractivity contribution is 7.92. The van der Waals surface area contributed by atoms with Crippen molar-refractivity contribution in [2.45, 2.75) is 17.4 Å². The molecule has 1 heterocycles. The fourth-order valence-corrected chi connectivity index (χ4v) is 5.83. The largest absolute Gasteiger partial charge is 0.383 e. The number of hydrogen-bond acceptors (Lipinski definition) is 6. The normalized spacial score (nSPS) is 19.9. The Balaban J connectivity index is 2.11. The minimum Gasteiger partial charge on any atom is -0.383 e. The molecule has 1 N–H and O–H groups in total. The number of nitrogens with zero attached hydrogens (tertiary/aromatic N) is 1. The van der Waals surface area contributed by atoms with Gasteiger partial charge in [0.25, 0.3) is 5.91 Å². The first-order chi connectivity index (χ1) is 11.7. The molecule has 1 amide bonds. The van der Waals surface area contributed by atoms with E-state index in [-0.39, 0.29) is 28.7 Å². The number of carbonyl (C=O) groups excluding carboxylic acids is 1. The molecule has 0 saturated carbocycles. The van der Waals surface area contributed by atoms with Crippen LogP contribution in [0.4, 0.5) is 0 Å². The van der Waals surface area contributed by atoms with Crippen molar-refractivity contribution in [2.24, 2.45) is 0 Å². The molecule has 0 bridgehead atoms. The molecule has 0 spiro atoms. The highest BCUT2D eigenvalue weighted by Gasteiger charge is 2.36. The summed E-state index contributed by atoms with van der Waals surface area (Å²) in [5, 5.41) is 2.64. The number of ether oxygens (including phenoxy) is 1. The average molecular weight is 390 g/mol. The van der Waals surface area contributed by atoms with Crippen molar-refractivity contribution in [3.8, 4) is 0 Å². The topological polar surface area (TPSA) is 110 Å². The van der Waals surface area contributed by atoms with Crippen LogP contribution in [0.2, 0.25) is 0 Å². The maximum atomic E-state index is 12.6. The number of amides is 1. The van der Waals surface area contributed by atoms with Crippen LogP contribution in [0.5, 0.6) is 0 Å². The van der Waals surface area contributed by atoms with Gasteiger partial charge in [-0.3, -0.25) is 4.79 Å². The number of nitrogens with one attached hydrogen (secondary N) is 1. The van der Waals surface area contributed by atoms with Crippen LogP contribution in [0.1, 0.15) is 16.8 Å². The van der Waals surface area contributed by atoms with Crippen molar-refractivity contribution in [3.63, 3.8) is 0 Å². The van der Waals surface area contributed by atoms with Gasteiger partial charge in [0.1, 0.15) is 0 Å². The summed E-state index contributed by atoms with van der Waals surface area (Å²) in [7, 11) is -4.09. The molecule has 1 aromatic carbocycles. The van der Waals surface area contributed by atoms with Gasteiger partial charge in [0.2, 0.25) is 10.0 Å². The van der Waals surface area contributed by atoms with Gasteiger partial charge in [-0.15, -0.1) is 0 Å². The van der Waals surface area contributed by atoms with Crippen molar-refractivity contribution in [2.75, 3.05) is 38.8 Å². The lowest BCUT2D eigenvalue weighted by Crippen LogP contribution is -2.37. The van der Waals surface area contributed by atoms with Gasteiger partial charge in [-0.25, -0.2) is 16.8 Å². The minimum atomic E-state index is -3.82.